The largest absolute Gasteiger partial charge is 0.382 e. The van der Waals surface area contributed by atoms with E-state index in [2.05, 4.69) is 15.6 Å². The quantitative estimate of drug-likeness (QED) is 0.545. The highest BCUT2D eigenvalue weighted by Crippen LogP contribution is 2.25. The summed E-state index contributed by atoms with van der Waals surface area (Å²) in [5.41, 5.74) is 4.43. The molecule has 146 valence electrons. The second-order valence-electron chi connectivity index (χ2n) is 7.70. The van der Waals surface area contributed by atoms with Gasteiger partial charge in [0.15, 0.2) is 0 Å². The van der Waals surface area contributed by atoms with Crippen LogP contribution in [0.25, 0.3) is 10.9 Å². The fourth-order valence-corrected chi connectivity index (χ4v) is 4.08. The van der Waals surface area contributed by atoms with Crippen LogP contribution in [0.4, 0.5) is 15.8 Å². The third-order valence-corrected chi connectivity index (χ3v) is 5.56. The van der Waals surface area contributed by atoms with E-state index >= 15 is 0 Å². The molecule has 2 aromatic carbocycles. The van der Waals surface area contributed by atoms with Crippen LogP contribution in [0.5, 0.6) is 0 Å². The molecule has 0 atom stereocenters. The Morgan fingerprint density at radius 1 is 1.07 bits per heavy atom. The molecular weight excluding hydrogens is 353 g/mol. The van der Waals surface area contributed by atoms with Gasteiger partial charge in [-0.1, -0.05) is 19.3 Å². The number of aryl methyl sites for hydroxylation is 1. The first kappa shape index (κ1) is 18.5. The highest BCUT2D eigenvalue weighted by Gasteiger charge is 2.14. The van der Waals surface area contributed by atoms with E-state index < -0.39 is 0 Å². The van der Waals surface area contributed by atoms with Gasteiger partial charge in [-0.15, -0.1) is 0 Å². The van der Waals surface area contributed by atoms with E-state index in [-0.39, 0.29) is 18.1 Å². The maximum Gasteiger partial charge on any atom is 0.228 e. The van der Waals surface area contributed by atoms with Crippen LogP contribution >= 0.6 is 0 Å². The summed E-state index contributed by atoms with van der Waals surface area (Å²) in [5, 5.41) is 7.29. The van der Waals surface area contributed by atoms with Crippen molar-refractivity contribution in [1.82, 2.24) is 4.98 Å². The number of hydrogen-bond acceptors (Lipinski definition) is 2. The van der Waals surface area contributed by atoms with E-state index in [0.29, 0.717) is 6.04 Å². The van der Waals surface area contributed by atoms with E-state index in [4.69, 9.17) is 0 Å². The zero-order valence-electron chi connectivity index (χ0n) is 16.1. The fraction of sp³-hybridized carbons (Fsp3) is 0.348. The molecule has 4 nitrogen and oxygen atoms in total. The van der Waals surface area contributed by atoms with Gasteiger partial charge >= 0.3 is 0 Å². The third kappa shape index (κ3) is 4.19. The van der Waals surface area contributed by atoms with Crippen LogP contribution in [0.15, 0.2) is 42.5 Å². The summed E-state index contributed by atoms with van der Waals surface area (Å²) in [4.78, 5) is 15.7. The van der Waals surface area contributed by atoms with Gasteiger partial charge in [0.05, 0.1) is 6.42 Å². The van der Waals surface area contributed by atoms with Crippen molar-refractivity contribution >= 4 is 28.2 Å². The molecule has 0 radical (unpaired) electrons. The van der Waals surface area contributed by atoms with E-state index in [1.165, 1.54) is 44.2 Å². The van der Waals surface area contributed by atoms with Crippen LogP contribution in [-0.2, 0) is 11.2 Å². The van der Waals surface area contributed by atoms with Crippen LogP contribution in [0, 0.1) is 12.7 Å². The standard InChI is InChI=1S/C23H26FN3O/c1-15-20(21-13-16(24)7-12-22(21)25-15)14-23(28)27-19-10-8-18(9-11-19)26-17-5-3-2-4-6-17/h7-13,17,25-26H,2-6,14H2,1H3,(H,27,28). The second kappa shape index (κ2) is 8.05. The summed E-state index contributed by atoms with van der Waals surface area (Å²) in [5.74, 6) is -0.407. The second-order valence-corrected chi connectivity index (χ2v) is 7.70. The average Bonchev–Trinajstić information content (AvgIpc) is 2.99. The molecule has 4 rings (SSSR count). The number of carbonyl (C=O) groups is 1. The van der Waals surface area contributed by atoms with Crippen LogP contribution in [0.3, 0.4) is 0 Å². The van der Waals surface area contributed by atoms with Crippen molar-refractivity contribution in [3.63, 3.8) is 0 Å². The lowest BCUT2D eigenvalue weighted by atomic mass is 9.95. The van der Waals surface area contributed by atoms with E-state index in [1.807, 2.05) is 31.2 Å². The first-order valence-corrected chi connectivity index (χ1v) is 10.0. The van der Waals surface area contributed by atoms with Gasteiger partial charge in [0.1, 0.15) is 5.82 Å². The lowest BCUT2D eigenvalue weighted by Crippen LogP contribution is -2.22. The summed E-state index contributed by atoms with van der Waals surface area (Å²) < 4.78 is 13.6. The van der Waals surface area contributed by atoms with Crippen LogP contribution in [0.2, 0.25) is 0 Å². The number of H-pyrrole nitrogens is 1. The number of carbonyl (C=O) groups excluding carboxylic acids is 1. The Morgan fingerprint density at radius 3 is 2.54 bits per heavy atom. The molecule has 0 spiro atoms. The Labute approximate surface area is 164 Å². The molecule has 1 saturated carbocycles. The van der Waals surface area contributed by atoms with Crippen molar-refractivity contribution in [2.24, 2.45) is 0 Å². The van der Waals surface area contributed by atoms with E-state index in [0.717, 1.165) is 33.5 Å². The number of halogens is 1. The molecule has 1 aliphatic rings. The topological polar surface area (TPSA) is 56.9 Å². The first-order valence-electron chi connectivity index (χ1n) is 10.0. The lowest BCUT2D eigenvalue weighted by molar-refractivity contribution is -0.115. The number of aromatic amines is 1. The number of amides is 1. The Kier molecular flexibility index (Phi) is 5.33. The van der Waals surface area contributed by atoms with Crippen molar-refractivity contribution in [1.29, 1.82) is 0 Å². The SMILES string of the molecule is Cc1[nH]c2ccc(F)cc2c1CC(=O)Nc1ccc(NC2CCCCC2)cc1. The number of rotatable bonds is 5. The molecule has 28 heavy (non-hydrogen) atoms. The van der Waals surface area contributed by atoms with Gasteiger partial charge in [-0.3, -0.25) is 4.79 Å². The monoisotopic (exact) mass is 379 g/mol. The summed E-state index contributed by atoms with van der Waals surface area (Å²) >= 11 is 0. The zero-order chi connectivity index (χ0) is 19.5. The number of fused-ring (bicyclic) bond motifs is 1. The van der Waals surface area contributed by atoms with Gasteiger partial charge in [-0.2, -0.15) is 0 Å². The van der Waals surface area contributed by atoms with Crippen molar-refractivity contribution in [3.8, 4) is 0 Å². The van der Waals surface area contributed by atoms with E-state index in [9.17, 15) is 9.18 Å². The van der Waals surface area contributed by atoms with Gasteiger partial charge < -0.3 is 15.6 Å². The molecule has 0 unspecified atom stereocenters. The number of anilines is 2. The molecule has 1 heterocycles. The molecule has 3 aromatic rings. The van der Waals surface area contributed by atoms with Crippen molar-refractivity contribution in [2.75, 3.05) is 10.6 Å². The van der Waals surface area contributed by atoms with Gasteiger partial charge in [0.2, 0.25) is 5.91 Å². The number of hydrogen-bond donors (Lipinski definition) is 3. The Bertz CT molecular complexity index is 971. The number of benzene rings is 2. The third-order valence-electron chi connectivity index (χ3n) is 5.56. The molecule has 0 bridgehead atoms. The summed E-state index contributed by atoms with van der Waals surface area (Å²) in [6, 6.07) is 13.0. The van der Waals surface area contributed by atoms with Crippen LogP contribution in [0.1, 0.15) is 43.4 Å². The maximum absolute atomic E-state index is 13.6. The molecule has 1 aliphatic carbocycles. The predicted molar refractivity (Wildman–Crippen MR) is 112 cm³/mol. The van der Waals surface area contributed by atoms with Gasteiger partial charge in [-0.25, -0.2) is 4.39 Å². The summed E-state index contributed by atoms with van der Waals surface area (Å²) in [6.45, 7) is 1.91. The molecule has 1 aromatic heterocycles. The minimum absolute atomic E-state index is 0.110. The van der Waals surface area contributed by atoms with E-state index in [1.54, 1.807) is 6.07 Å². The minimum Gasteiger partial charge on any atom is -0.382 e. The van der Waals surface area contributed by atoms with Gasteiger partial charge in [0.25, 0.3) is 0 Å². The predicted octanol–water partition coefficient (Wildman–Crippen LogP) is 5.54. The molecule has 0 aliphatic heterocycles. The molecule has 1 amide bonds. The highest BCUT2D eigenvalue weighted by atomic mass is 19.1. The lowest BCUT2D eigenvalue weighted by Gasteiger charge is -2.23. The highest BCUT2D eigenvalue weighted by molar-refractivity contribution is 5.96. The molecule has 1 fully saturated rings. The number of aromatic nitrogens is 1. The Hall–Kier alpha value is -2.82. The Balaban J connectivity index is 1.40. The van der Waals surface area contributed by atoms with Crippen molar-refractivity contribution in [3.05, 3.63) is 59.5 Å². The molecule has 5 heteroatoms. The normalized spacial score (nSPS) is 14.9. The van der Waals surface area contributed by atoms with Gasteiger partial charge in [0, 0.05) is 34.0 Å². The zero-order valence-corrected chi connectivity index (χ0v) is 16.1. The smallest absolute Gasteiger partial charge is 0.228 e. The summed E-state index contributed by atoms with van der Waals surface area (Å²) in [6.07, 6.45) is 6.58. The molecular formula is C23H26FN3O. The first-order chi connectivity index (χ1) is 13.6. The van der Waals surface area contributed by atoms with Gasteiger partial charge in [-0.05, 0) is 67.8 Å². The Morgan fingerprint density at radius 2 is 1.79 bits per heavy atom. The average molecular weight is 379 g/mol. The van der Waals surface area contributed by atoms with Crippen LogP contribution < -0.4 is 10.6 Å². The number of nitrogens with one attached hydrogen (secondary N) is 3. The minimum atomic E-state index is -0.297. The van der Waals surface area contributed by atoms with Crippen LogP contribution in [-0.4, -0.2) is 16.9 Å². The molecule has 0 saturated heterocycles. The maximum atomic E-state index is 13.6. The fourth-order valence-electron chi connectivity index (χ4n) is 4.08. The molecule has 3 N–H and O–H groups in total. The summed E-state index contributed by atoms with van der Waals surface area (Å²) in [7, 11) is 0. The van der Waals surface area contributed by atoms with Crippen molar-refractivity contribution in [2.45, 2.75) is 51.5 Å². The van der Waals surface area contributed by atoms with Crippen molar-refractivity contribution < 1.29 is 9.18 Å².